The van der Waals surface area contributed by atoms with Gasteiger partial charge in [-0.1, -0.05) is 19.4 Å². The minimum Gasteiger partial charge on any atom is -0.497 e. The lowest BCUT2D eigenvalue weighted by atomic mass is 9.53. The number of hydrogen-bond donors (Lipinski definition) is 0. The summed E-state index contributed by atoms with van der Waals surface area (Å²) in [4.78, 5) is 15.6. The van der Waals surface area contributed by atoms with Crippen LogP contribution in [0, 0.1) is 28.1 Å². The SMILES string of the molecule is COc1ccc2c(c1)C(=O)[C@@H]1[C@@H]3C4(C)CCCC3(C#N)[C@@H]2N1C4. The molecule has 23 heavy (non-hydrogen) atoms. The van der Waals surface area contributed by atoms with E-state index >= 15 is 0 Å². The van der Waals surface area contributed by atoms with E-state index in [0.717, 1.165) is 42.7 Å². The number of ether oxygens (including phenoxy) is 1. The van der Waals surface area contributed by atoms with Crippen LogP contribution in [-0.2, 0) is 0 Å². The number of nitriles is 1. The number of fused-ring (bicyclic) bond motifs is 3. The summed E-state index contributed by atoms with van der Waals surface area (Å²) in [6.45, 7) is 3.24. The highest BCUT2D eigenvalue weighted by Gasteiger charge is 2.74. The van der Waals surface area contributed by atoms with Crippen molar-refractivity contribution in [1.82, 2.24) is 4.90 Å². The first-order chi connectivity index (χ1) is 11.1. The monoisotopic (exact) mass is 308 g/mol. The molecule has 4 bridgehead atoms. The Hall–Kier alpha value is -1.86. The second kappa shape index (κ2) is 3.96. The summed E-state index contributed by atoms with van der Waals surface area (Å²) >= 11 is 0. The molecule has 3 heterocycles. The van der Waals surface area contributed by atoms with Crippen molar-refractivity contribution in [1.29, 1.82) is 5.26 Å². The van der Waals surface area contributed by atoms with E-state index < -0.39 is 5.41 Å². The second-order valence-electron chi connectivity index (χ2n) is 7.97. The Balaban J connectivity index is 1.78. The van der Waals surface area contributed by atoms with E-state index in [-0.39, 0.29) is 29.2 Å². The van der Waals surface area contributed by atoms with Gasteiger partial charge in [-0.05, 0) is 36.0 Å². The number of Topliss-reactive ketones (excluding diaryl/α,β-unsaturated/α-hetero) is 1. The van der Waals surface area contributed by atoms with Gasteiger partial charge in [0.25, 0.3) is 0 Å². The Morgan fingerprint density at radius 1 is 1.39 bits per heavy atom. The molecule has 0 radical (unpaired) electrons. The van der Waals surface area contributed by atoms with Crippen LogP contribution in [0.1, 0.15) is 48.1 Å². The van der Waals surface area contributed by atoms with Gasteiger partial charge in [-0.25, -0.2) is 0 Å². The first-order valence-corrected chi connectivity index (χ1v) is 8.45. The van der Waals surface area contributed by atoms with Crippen molar-refractivity contribution in [2.45, 2.75) is 38.3 Å². The minimum atomic E-state index is -0.397. The predicted octanol–water partition coefficient (Wildman–Crippen LogP) is 2.95. The zero-order chi connectivity index (χ0) is 16.0. The molecule has 6 atom stereocenters. The fraction of sp³-hybridized carbons (Fsp3) is 0.579. The van der Waals surface area contributed by atoms with Gasteiger partial charge in [0, 0.05) is 18.0 Å². The molecule has 0 amide bonds. The first-order valence-electron chi connectivity index (χ1n) is 8.45. The van der Waals surface area contributed by atoms with E-state index in [9.17, 15) is 10.1 Å². The van der Waals surface area contributed by atoms with Crippen molar-refractivity contribution in [2.24, 2.45) is 16.7 Å². The van der Waals surface area contributed by atoms with E-state index in [4.69, 9.17) is 4.74 Å². The van der Waals surface area contributed by atoms with Crippen molar-refractivity contribution in [2.75, 3.05) is 13.7 Å². The van der Waals surface area contributed by atoms with Crippen molar-refractivity contribution in [3.63, 3.8) is 0 Å². The highest BCUT2D eigenvalue weighted by atomic mass is 16.5. The second-order valence-corrected chi connectivity index (χ2v) is 7.97. The Morgan fingerprint density at radius 3 is 2.96 bits per heavy atom. The van der Waals surface area contributed by atoms with Gasteiger partial charge >= 0.3 is 0 Å². The maximum Gasteiger partial charge on any atom is 0.180 e. The smallest absolute Gasteiger partial charge is 0.180 e. The molecule has 3 fully saturated rings. The molecule has 5 rings (SSSR count). The molecular weight excluding hydrogens is 288 g/mol. The van der Waals surface area contributed by atoms with Crippen LogP contribution < -0.4 is 4.74 Å². The number of piperidine rings is 1. The summed E-state index contributed by atoms with van der Waals surface area (Å²) < 4.78 is 5.32. The molecule has 1 aromatic carbocycles. The van der Waals surface area contributed by atoms with Gasteiger partial charge < -0.3 is 4.74 Å². The number of methoxy groups -OCH3 is 1. The van der Waals surface area contributed by atoms with Gasteiger partial charge in [-0.2, -0.15) is 5.26 Å². The molecule has 0 N–H and O–H groups in total. The van der Waals surface area contributed by atoms with Crippen LogP contribution in [0.4, 0.5) is 0 Å². The van der Waals surface area contributed by atoms with Crippen LogP contribution >= 0.6 is 0 Å². The third-order valence-corrected chi connectivity index (χ3v) is 6.98. The molecule has 2 saturated heterocycles. The zero-order valence-electron chi connectivity index (χ0n) is 13.5. The Kier molecular flexibility index (Phi) is 2.34. The van der Waals surface area contributed by atoms with Gasteiger partial charge in [0.15, 0.2) is 5.78 Å². The molecule has 3 aliphatic heterocycles. The summed E-state index contributed by atoms with van der Waals surface area (Å²) in [5, 5.41) is 10.2. The Labute approximate surface area is 136 Å². The maximum atomic E-state index is 13.2. The van der Waals surface area contributed by atoms with Gasteiger partial charge in [-0.3, -0.25) is 9.69 Å². The van der Waals surface area contributed by atoms with Gasteiger partial charge in [0.2, 0.25) is 0 Å². The molecule has 1 aromatic rings. The number of benzene rings is 1. The van der Waals surface area contributed by atoms with Crippen molar-refractivity contribution in [3.05, 3.63) is 29.3 Å². The lowest BCUT2D eigenvalue weighted by Gasteiger charge is -2.51. The molecule has 4 heteroatoms. The summed E-state index contributed by atoms with van der Waals surface area (Å²) in [5.41, 5.74) is 1.53. The number of rotatable bonds is 1. The lowest BCUT2D eigenvalue weighted by molar-refractivity contribution is -0.00920. The normalized spacial score (nSPS) is 45.5. The zero-order valence-corrected chi connectivity index (χ0v) is 13.5. The van der Waals surface area contributed by atoms with Crippen LogP contribution in [0.25, 0.3) is 0 Å². The summed E-state index contributed by atoms with van der Waals surface area (Å²) in [5.74, 6) is 1.09. The largest absolute Gasteiger partial charge is 0.497 e. The van der Waals surface area contributed by atoms with E-state index in [1.54, 1.807) is 7.11 Å². The fourth-order valence-electron chi connectivity index (χ4n) is 6.34. The molecule has 4 nitrogen and oxygen atoms in total. The van der Waals surface area contributed by atoms with Crippen LogP contribution in [0.2, 0.25) is 0 Å². The molecule has 3 unspecified atom stereocenters. The molecule has 4 aliphatic rings. The van der Waals surface area contributed by atoms with E-state index in [1.807, 2.05) is 18.2 Å². The van der Waals surface area contributed by atoms with Crippen LogP contribution in [0.5, 0.6) is 5.75 Å². The highest BCUT2D eigenvalue weighted by Crippen LogP contribution is 2.72. The van der Waals surface area contributed by atoms with Crippen molar-refractivity contribution < 1.29 is 9.53 Å². The maximum absolute atomic E-state index is 13.2. The van der Waals surface area contributed by atoms with E-state index in [1.165, 1.54) is 0 Å². The molecule has 0 aromatic heterocycles. The molecule has 0 spiro atoms. The number of nitrogens with zero attached hydrogens (tertiary/aromatic N) is 2. The van der Waals surface area contributed by atoms with Gasteiger partial charge in [-0.15, -0.1) is 0 Å². The number of hydrogen-bond acceptors (Lipinski definition) is 4. The van der Waals surface area contributed by atoms with Crippen LogP contribution in [-0.4, -0.2) is 30.4 Å². The van der Waals surface area contributed by atoms with E-state index in [0.29, 0.717) is 0 Å². The summed E-state index contributed by atoms with van der Waals surface area (Å²) in [7, 11) is 1.63. The molecule has 1 saturated carbocycles. The quantitative estimate of drug-likeness (QED) is 0.800. The van der Waals surface area contributed by atoms with Crippen molar-refractivity contribution in [3.8, 4) is 11.8 Å². The highest BCUT2D eigenvalue weighted by molar-refractivity contribution is 6.04. The van der Waals surface area contributed by atoms with Crippen molar-refractivity contribution >= 4 is 5.78 Å². The number of carbonyl (C=O) groups excluding carboxylic acids is 1. The number of carbonyl (C=O) groups is 1. The average molecular weight is 308 g/mol. The average Bonchev–Trinajstić information content (AvgIpc) is 2.99. The Bertz CT molecular complexity index is 782. The van der Waals surface area contributed by atoms with E-state index in [2.05, 4.69) is 17.9 Å². The third-order valence-electron chi connectivity index (χ3n) is 6.98. The van der Waals surface area contributed by atoms with Crippen LogP contribution in [0.3, 0.4) is 0 Å². The van der Waals surface area contributed by atoms with Gasteiger partial charge in [0.1, 0.15) is 5.75 Å². The predicted molar refractivity (Wildman–Crippen MR) is 84.1 cm³/mol. The minimum absolute atomic E-state index is 0.0782. The van der Waals surface area contributed by atoms with Crippen LogP contribution in [0.15, 0.2) is 18.2 Å². The third kappa shape index (κ3) is 1.31. The number of ketones is 1. The van der Waals surface area contributed by atoms with Gasteiger partial charge in [0.05, 0.1) is 30.7 Å². The Morgan fingerprint density at radius 2 is 2.22 bits per heavy atom. The standard InChI is InChI=1S/C19H20N2O2/c1-18-6-3-7-19(9-20)16(18)14-15(22)13-8-11(23-2)4-5-12(13)17(19)21(14)10-18/h4-5,8,14,16-17H,3,6-7,10H2,1-2H3/t14-,16-,17-,18?,19?/m1/s1. The summed E-state index contributed by atoms with van der Waals surface area (Å²) in [6.07, 6.45) is 3.14. The first kappa shape index (κ1) is 13.6. The molecular formula is C19H20N2O2. The summed E-state index contributed by atoms with van der Waals surface area (Å²) in [6, 6.07) is 8.48. The molecule has 1 aliphatic carbocycles. The molecule has 118 valence electrons. The lowest BCUT2D eigenvalue weighted by Crippen LogP contribution is -2.50. The topological polar surface area (TPSA) is 53.3 Å². The fourth-order valence-corrected chi connectivity index (χ4v) is 6.34.